The Kier molecular flexibility index (Phi) is 20.0. The highest BCUT2D eigenvalue weighted by Gasteiger charge is 2.40. The maximum atomic E-state index is 13.3. The van der Waals surface area contributed by atoms with Crippen LogP contribution in [0.2, 0.25) is 0 Å². The van der Waals surface area contributed by atoms with Crippen LogP contribution in [0.1, 0.15) is 83.2 Å². The van der Waals surface area contributed by atoms with E-state index in [0.29, 0.717) is 129 Å². The molecule has 1 unspecified atom stereocenters. The lowest BCUT2D eigenvalue weighted by molar-refractivity contribution is -0.137. The van der Waals surface area contributed by atoms with Crippen LogP contribution in [0.15, 0.2) is 67.1 Å². The minimum absolute atomic E-state index is 0.0110. The number of hydrogen-bond donors (Lipinski definition) is 3. The molecular weight excluding hydrogens is 899 g/mol. The van der Waals surface area contributed by atoms with Gasteiger partial charge in [-0.15, -0.1) is 0 Å². The second kappa shape index (κ2) is 27.2. The van der Waals surface area contributed by atoms with E-state index in [4.69, 9.17) is 18.9 Å². The highest BCUT2D eigenvalue weighted by molar-refractivity contribution is 6.06. The van der Waals surface area contributed by atoms with E-state index in [9.17, 15) is 28.8 Å². The Morgan fingerprint density at radius 3 is 2.20 bits per heavy atom. The van der Waals surface area contributed by atoms with Crippen molar-refractivity contribution in [1.82, 2.24) is 35.3 Å². The third kappa shape index (κ3) is 15.4. The van der Waals surface area contributed by atoms with Crippen LogP contribution in [0.5, 0.6) is 0 Å². The molecule has 2 aromatic heterocycles. The average Bonchev–Trinajstić information content (AvgIpc) is 3.72. The number of carbonyl (C=O) groups is 6. The van der Waals surface area contributed by atoms with Crippen LogP contribution in [0.4, 0.5) is 11.5 Å². The van der Waals surface area contributed by atoms with E-state index in [-0.39, 0.29) is 36.0 Å². The third-order valence-corrected chi connectivity index (χ3v) is 13.0. The summed E-state index contributed by atoms with van der Waals surface area (Å²) in [4.78, 5) is 91.3. The van der Waals surface area contributed by atoms with E-state index < -0.39 is 11.9 Å². The number of pyridine rings is 2. The summed E-state index contributed by atoms with van der Waals surface area (Å²) in [5.41, 5.74) is 3.68. The van der Waals surface area contributed by atoms with Crippen molar-refractivity contribution < 1.29 is 47.7 Å². The molecule has 0 spiro atoms. The number of piperidine rings is 2. The van der Waals surface area contributed by atoms with Gasteiger partial charge in [-0.2, -0.15) is 0 Å². The molecule has 19 heteroatoms. The van der Waals surface area contributed by atoms with Crippen molar-refractivity contribution in [3.8, 4) is 0 Å². The van der Waals surface area contributed by atoms with Gasteiger partial charge in [-0.3, -0.25) is 39.1 Å². The lowest BCUT2D eigenvalue weighted by Crippen LogP contribution is -2.52. The predicted octanol–water partition coefficient (Wildman–Crippen LogP) is 3.31. The molecule has 376 valence electrons. The molecule has 3 fully saturated rings. The fraction of sp³-hybridized carbons (Fsp3) is 0.529. The number of carbonyl (C=O) groups excluding carboxylic acids is 6. The molecular formula is C51H67N9O10. The average molecular weight is 966 g/mol. The summed E-state index contributed by atoms with van der Waals surface area (Å²) in [6.07, 6.45) is 14.2. The number of aromatic nitrogens is 2. The Labute approximate surface area is 409 Å². The van der Waals surface area contributed by atoms with Crippen LogP contribution in [0.25, 0.3) is 6.08 Å². The summed E-state index contributed by atoms with van der Waals surface area (Å²) in [6.45, 7) is 8.62. The molecule has 0 aliphatic carbocycles. The normalized spacial score (nSPS) is 17.5. The van der Waals surface area contributed by atoms with Crippen molar-refractivity contribution in [3.05, 3.63) is 89.4 Å². The van der Waals surface area contributed by atoms with Crippen molar-refractivity contribution in [2.45, 2.75) is 64.0 Å². The van der Waals surface area contributed by atoms with Gasteiger partial charge >= 0.3 is 0 Å². The van der Waals surface area contributed by atoms with Crippen LogP contribution >= 0.6 is 0 Å². The second-order valence-corrected chi connectivity index (χ2v) is 17.8. The monoisotopic (exact) mass is 966 g/mol. The standard InChI is InChI=1S/C51H67N9O10/c61-46(13-9-39-6-4-18-52-35-39)54-19-2-1-5-38-15-21-59(22-16-38)50(65)40-10-12-45(55-36-40)57-23-25-58(26-24-57)48(63)17-27-67-29-31-69-33-34-70-32-30-68-28-20-53-43-8-3-7-41-42(43)37-60(51(41)66)44-11-14-47(62)56-49(44)64/h3-4,6-10,12-13,18,35-36,38,44,53H,1-2,5,11,14-17,19-34,37H2,(H,54,61)(H,56,62,64)/b13-9+. The first-order chi connectivity index (χ1) is 34.2. The molecule has 19 nitrogen and oxygen atoms in total. The Balaban J connectivity index is 0.650. The Morgan fingerprint density at radius 2 is 1.50 bits per heavy atom. The molecule has 4 aliphatic heterocycles. The molecule has 70 heavy (non-hydrogen) atoms. The van der Waals surface area contributed by atoms with Gasteiger partial charge in [0.1, 0.15) is 11.9 Å². The summed E-state index contributed by atoms with van der Waals surface area (Å²) in [5, 5.41) is 8.60. The molecule has 0 saturated carbocycles. The summed E-state index contributed by atoms with van der Waals surface area (Å²) in [7, 11) is 0. The number of nitrogens with one attached hydrogen (secondary N) is 3. The summed E-state index contributed by atoms with van der Waals surface area (Å²) in [6, 6.07) is 12.3. The van der Waals surface area contributed by atoms with Gasteiger partial charge < -0.3 is 49.2 Å². The Bertz CT molecular complexity index is 2230. The number of anilines is 2. The number of nitrogens with zero attached hydrogens (tertiary/aromatic N) is 6. The maximum Gasteiger partial charge on any atom is 0.255 e. The van der Waals surface area contributed by atoms with Crippen molar-refractivity contribution in [2.75, 3.05) is 115 Å². The quantitative estimate of drug-likeness (QED) is 0.0599. The lowest BCUT2D eigenvalue weighted by atomic mass is 9.91. The topological polar surface area (TPSA) is 214 Å². The smallest absolute Gasteiger partial charge is 0.255 e. The van der Waals surface area contributed by atoms with E-state index >= 15 is 0 Å². The van der Waals surface area contributed by atoms with Gasteiger partial charge in [0.15, 0.2) is 0 Å². The number of ether oxygens (including phenoxy) is 4. The van der Waals surface area contributed by atoms with Gasteiger partial charge in [0.25, 0.3) is 11.8 Å². The molecule has 7 rings (SSSR count). The molecule has 3 aromatic rings. The SMILES string of the molecule is O=C(/C=C/c1cccnc1)NCCCCC1CCN(C(=O)c2ccc(N3CCN(C(=O)CCOCCOCCOCCOCCNc4cccc5c4CN(C4CCC(=O)NC4=O)C5=O)CC3)nc2)CC1. The van der Waals surface area contributed by atoms with Crippen LogP contribution in [0.3, 0.4) is 0 Å². The second-order valence-electron chi connectivity index (χ2n) is 17.8. The highest BCUT2D eigenvalue weighted by Crippen LogP contribution is 2.32. The predicted molar refractivity (Wildman–Crippen MR) is 261 cm³/mol. The molecule has 3 saturated heterocycles. The summed E-state index contributed by atoms with van der Waals surface area (Å²) < 4.78 is 22.5. The van der Waals surface area contributed by atoms with Gasteiger partial charge in [0.2, 0.25) is 23.6 Å². The van der Waals surface area contributed by atoms with Gasteiger partial charge in [0.05, 0.1) is 64.8 Å². The fourth-order valence-electron chi connectivity index (χ4n) is 9.06. The number of likely N-dealkylation sites (tertiary alicyclic amines) is 1. The molecule has 6 amide bonds. The fourth-order valence-corrected chi connectivity index (χ4v) is 9.06. The number of fused-ring (bicyclic) bond motifs is 1. The zero-order valence-electron chi connectivity index (χ0n) is 40.0. The Morgan fingerprint density at radius 1 is 0.757 bits per heavy atom. The van der Waals surface area contributed by atoms with E-state index in [0.717, 1.165) is 67.8 Å². The van der Waals surface area contributed by atoms with E-state index in [2.05, 4.69) is 30.8 Å². The van der Waals surface area contributed by atoms with E-state index in [1.807, 2.05) is 40.1 Å². The first-order valence-corrected chi connectivity index (χ1v) is 24.7. The van der Waals surface area contributed by atoms with Gasteiger partial charge in [-0.1, -0.05) is 25.0 Å². The largest absolute Gasteiger partial charge is 0.382 e. The number of benzene rings is 1. The minimum Gasteiger partial charge on any atom is -0.382 e. The molecule has 3 N–H and O–H groups in total. The minimum atomic E-state index is -0.653. The van der Waals surface area contributed by atoms with Gasteiger partial charge in [0, 0.05) is 107 Å². The van der Waals surface area contributed by atoms with Crippen LogP contribution in [-0.4, -0.2) is 171 Å². The van der Waals surface area contributed by atoms with Crippen LogP contribution < -0.4 is 20.9 Å². The summed E-state index contributed by atoms with van der Waals surface area (Å²) >= 11 is 0. The van der Waals surface area contributed by atoms with E-state index in [1.165, 1.54) is 11.0 Å². The highest BCUT2D eigenvalue weighted by atomic mass is 16.6. The number of amides is 6. The molecule has 1 aromatic carbocycles. The molecule has 4 aliphatic rings. The van der Waals surface area contributed by atoms with Crippen molar-refractivity contribution >= 4 is 53.0 Å². The lowest BCUT2D eigenvalue weighted by Gasteiger charge is -2.35. The van der Waals surface area contributed by atoms with Gasteiger partial charge in [-0.25, -0.2) is 4.98 Å². The third-order valence-electron chi connectivity index (χ3n) is 13.0. The van der Waals surface area contributed by atoms with E-state index in [1.54, 1.807) is 36.8 Å². The number of rotatable bonds is 26. The molecule has 6 heterocycles. The van der Waals surface area contributed by atoms with Crippen molar-refractivity contribution in [2.24, 2.45) is 5.92 Å². The first-order valence-electron chi connectivity index (χ1n) is 24.7. The van der Waals surface area contributed by atoms with Crippen molar-refractivity contribution in [1.29, 1.82) is 0 Å². The number of imide groups is 1. The Hall–Kier alpha value is -6.28. The molecule has 1 atom stereocenters. The first kappa shape index (κ1) is 51.6. The molecule has 0 bridgehead atoms. The summed E-state index contributed by atoms with van der Waals surface area (Å²) in [5.74, 6) is 0.391. The van der Waals surface area contributed by atoms with Crippen LogP contribution in [-0.2, 0) is 44.7 Å². The number of piperazine rings is 1. The molecule has 0 radical (unpaired) electrons. The zero-order chi connectivity index (χ0) is 48.9. The zero-order valence-corrected chi connectivity index (χ0v) is 40.0. The van der Waals surface area contributed by atoms with Gasteiger partial charge in [-0.05, 0) is 73.6 Å². The number of unbranched alkanes of at least 4 members (excludes halogenated alkanes) is 1. The number of hydrogen-bond acceptors (Lipinski definition) is 14. The van der Waals surface area contributed by atoms with Crippen molar-refractivity contribution in [3.63, 3.8) is 0 Å². The maximum absolute atomic E-state index is 13.3. The van der Waals surface area contributed by atoms with Crippen LogP contribution in [0, 0.1) is 5.92 Å².